The van der Waals surface area contributed by atoms with Crippen molar-refractivity contribution < 1.29 is 9.66 Å². The van der Waals surface area contributed by atoms with Gasteiger partial charge in [-0.15, -0.1) is 0 Å². The molecule has 0 fully saturated rings. The zero-order valence-corrected chi connectivity index (χ0v) is 7.88. The van der Waals surface area contributed by atoms with Crippen LogP contribution in [0, 0.1) is 10.1 Å². The number of fused-ring (bicyclic) bond motifs is 1. The van der Waals surface area contributed by atoms with Crippen molar-refractivity contribution in [2.45, 2.75) is 0 Å². The first-order valence-electron chi connectivity index (χ1n) is 4.15. The summed E-state index contributed by atoms with van der Waals surface area (Å²) in [5, 5.41) is 11.2. The first kappa shape index (κ1) is 9.32. The smallest absolute Gasteiger partial charge is 0.321 e. The van der Waals surface area contributed by atoms with Gasteiger partial charge >= 0.3 is 5.69 Å². The predicted molar refractivity (Wildman–Crippen MR) is 52.7 cm³/mol. The van der Waals surface area contributed by atoms with Gasteiger partial charge < -0.3 is 4.74 Å². The maximum Gasteiger partial charge on any atom is 0.321 e. The Labute approximate surface area is 84.7 Å². The van der Waals surface area contributed by atoms with Crippen molar-refractivity contribution >= 4 is 16.6 Å². The second-order valence-electron chi connectivity index (χ2n) is 2.83. The fraction of sp³-hybridized carbons (Fsp3) is 0.111. The van der Waals surface area contributed by atoms with Crippen molar-refractivity contribution in [3.05, 3.63) is 34.8 Å². The second-order valence-corrected chi connectivity index (χ2v) is 2.83. The summed E-state index contributed by atoms with van der Waals surface area (Å²) in [5.41, 5.74) is 0.424. The summed E-state index contributed by atoms with van der Waals surface area (Å²) in [6.07, 6.45) is 2.75. The lowest BCUT2D eigenvalue weighted by molar-refractivity contribution is -0.384. The highest BCUT2D eigenvalue weighted by Gasteiger charge is 2.19. The number of hydrogen-bond donors (Lipinski definition) is 0. The quantitative estimate of drug-likeness (QED) is 0.549. The third-order valence-corrected chi connectivity index (χ3v) is 2.03. The number of hydrogen-bond acceptors (Lipinski definition) is 5. The Kier molecular flexibility index (Phi) is 2.17. The van der Waals surface area contributed by atoms with Crippen molar-refractivity contribution in [2.75, 3.05) is 7.11 Å². The van der Waals surface area contributed by atoms with Crippen molar-refractivity contribution in [3.8, 4) is 5.75 Å². The number of aromatic nitrogens is 2. The molecule has 0 spiro atoms. The molecule has 0 radical (unpaired) electrons. The molecule has 0 aliphatic rings. The molecular formula is C9H7N3O3. The zero-order chi connectivity index (χ0) is 10.8. The van der Waals surface area contributed by atoms with Gasteiger partial charge in [-0.05, 0) is 12.1 Å². The van der Waals surface area contributed by atoms with E-state index < -0.39 is 4.92 Å². The molecule has 2 aromatic rings. The lowest BCUT2D eigenvalue weighted by Gasteiger charge is -2.03. The van der Waals surface area contributed by atoms with Gasteiger partial charge in [-0.25, -0.2) is 9.97 Å². The van der Waals surface area contributed by atoms with Crippen LogP contribution in [0.2, 0.25) is 0 Å². The molecule has 0 N–H and O–H groups in total. The summed E-state index contributed by atoms with van der Waals surface area (Å²) < 4.78 is 4.92. The van der Waals surface area contributed by atoms with Gasteiger partial charge in [-0.2, -0.15) is 0 Å². The maximum atomic E-state index is 10.9. The average Bonchev–Trinajstić information content (AvgIpc) is 2.27. The lowest BCUT2D eigenvalue weighted by atomic mass is 10.2. The fourth-order valence-electron chi connectivity index (χ4n) is 1.37. The number of ether oxygens (including phenoxy) is 1. The van der Waals surface area contributed by atoms with Crippen LogP contribution in [-0.2, 0) is 0 Å². The van der Waals surface area contributed by atoms with Crippen molar-refractivity contribution in [1.82, 2.24) is 9.97 Å². The van der Waals surface area contributed by atoms with Crippen LogP contribution < -0.4 is 4.74 Å². The van der Waals surface area contributed by atoms with Crippen LogP contribution in [0.1, 0.15) is 0 Å². The van der Waals surface area contributed by atoms with Crippen LogP contribution >= 0.6 is 0 Å². The minimum Gasteiger partial charge on any atom is -0.490 e. The van der Waals surface area contributed by atoms with Crippen LogP contribution in [0.15, 0.2) is 24.7 Å². The number of nitro groups is 1. The fourth-order valence-corrected chi connectivity index (χ4v) is 1.37. The number of nitro benzene ring substituents is 1. The minimum absolute atomic E-state index is 0.101. The Morgan fingerprint density at radius 3 is 2.93 bits per heavy atom. The molecule has 15 heavy (non-hydrogen) atoms. The first-order valence-corrected chi connectivity index (χ1v) is 4.15. The van der Waals surface area contributed by atoms with E-state index in [1.807, 2.05) is 0 Å². The Morgan fingerprint density at radius 1 is 1.47 bits per heavy atom. The van der Waals surface area contributed by atoms with Gasteiger partial charge in [0.25, 0.3) is 0 Å². The van der Waals surface area contributed by atoms with Gasteiger partial charge in [0.2, 0.25) is 0 Å². The molecular weight excluding hydrogens is 198 g/mol. The van der Waals surface area contributed by atoms with Gasteiger partial charge in [0.15, 0.2) is 5.75 Å². The van der Waals surface area contributed by atoms with Crippen LogP contribution in [0.4, 0.5) is 5.69 Å². The molecule has 76 valence electrons. The van der Waals surface area contributed by atoms with E-state index in [9.17, 15) is 10.1 Å². The van der Waals surface area contributed by atoms with Crippen molar-refractivity contribution in [3.63, 3.8) is 0 Å². The Hall–Kier alpha value is -2.24. The largest absolute Gasteiger partial charge is 0.490 e. The summed E-state index contributed by atoms with van der Waals surface area (Å²) in [6, 6.07) is 3.18. The molecule has 1 heterocycles. The molecule has 1 aromatic heterocycles. The molecule has 0 saturated heterocycles. The van der Waals surface area contributed by atoms with Gasteiger partial charge in [-0.3, -0.25) is 10.1 Å². The first-order chi connectivity index (χ1) is 7.24. The SMILES string of the molecule is COc1ccc2ncncc2c1[N+](=O)[O-]. The minimum atomic E-state index is -0.496. The van der Waals surface area contributed by atoms with Crippen molar-refractivity contribution in [2.24, 2.45) is 0 Å². The molecule has 0 aliphatic carbocycles. The van der Waals surface area contributed by atoms with Gasteiger partial charge in [0, 0.05) is 6.20 Å². The van der Waals surface area contributed by atoms with E-state index in [1.165, 1.54) is 25.7 Å². The zero-order valence-electron chi connectivity index (χ0n) is 7.88. The molecule has 2 rings (SSSR count). The van der Waals surface area contributed by atoms with Crippen LogP contribution in [-0.4, -0.2) is 22.0 Å². The Morgan fingerprint density at radius 2 is 2.27 bits per heavy atom. The van der Waals surface area contributed by atoms with E-state index in [0.29, 0.717) is 10.9 Å². The van der Waals surface area contributed by atoms with Crippen LogP contribution in [0.3, 0.4) is 0 Å². The van der Waals surface area contributed by atoms with E-state index in [2.05, 4.69) is 9.97 Å². The van der Waals surface area contributed by atoms with E-state index in [4.69, 9.17) is 4.74 Å². The topological polar surface area (TPSA) is 78.2 Å². The van der Waals surface area contributed by atoms with E-state index in [0.717, 1.165) is 0 Å². The number of rotatable bonds is 2. The standard InChI is InChI=1S/C9H7N3O3/c1-15-8-3-2-7-6(4-10-5-11-7)9(8)12(13)14/h2-5H,1H3. The lowest BCUT2D eigenvalue weighted by Crippen LogP contribution is -1.95. The molecule has 0 amide bonds. The van der Waals surface area contributed by atoms with Gasteiger partial charge in [0.05, 0.1) is 17.5 Å². The van der Waals surface area contributed by atoms with E-state index in [1.54, 1.807) is 6.07 Å². The Balaban J connectivity index is 2.85. The molecule has 0 aliphatic heterocycles. The monoisotopic (exact) mass is 205 g/mol. The number of benzene rings is 1. The molecule has 0 saturated carbocycles. The number of methoxy groups -OCH3 is 1. The van der Waals surface area contributed by atoms with Gasteiger partial charge in [-0.1, -0.05) is 0 Å². The van der Waals surface area contributed by atoms with E-state index >= 15 is 0 Å². The normalized spacial score (nSPS) is 10.2. The second kappa shape index (κ2) is 3.49. The summed E-state index contributed by atoms with van der Waals surface area (Å²) in [5.74, 6) is 0.210. The highest BCUT2D eigenvalue weighted by molar-refractivity contribution is 5.90. The van der Waals surface area contributed by atoms with E-state index in [-0.39, 0.29) is 11.4 Å². The highest BCUT2D eigenvalue weighted by Crippen LogP contribution is 2.33. The average molecular weight is 205 g/mol. The molecule has 0 unspecified atom stereocenters. The maximum absolute atomic E-state index is 10.9. The van der Waals surface area contributed by atoms with Crippen LogP contribution in [0.5, 0.6) is 5.75 Å². The number of nitrogens with zero attached hydrogens (tertiary/aromatic N) is 3. The molecule has 6 heteroatoms. The highest BCUT2D eigenvalue weighted by atomic mass is 16.6. The van der Waals surface area contributed by atoms with Crippen molar-refractivity contribution in [1.29, 1.82) is 0 Å². The summed E-state index contributed by atoms with van der Waals surface area (Å²) in [4.78, 5) is 18.1. The molecule has 6 nitrogen and oxygen atoms in total. The summed E-state index contributed by atoms with van der Waals surface area (Å²) >= 11 is 0. The molecule has 1 aromatic carbocycles. The Bertz CT molecular complexity index is 527. The molecule has 0 atom stereocenters. The third kappa shape index (κ3) is 1.45. The predicted octanol–water partition coefficient (Wildman–Crippen LogP) is 1.55. The summed E-state index contributed by atoms with van der Waals surface area (Å²) in [7, 11) is 1.39. The molecule has 0 bridgehead atoms. The van der Waals surface area contributed by atoms with Crippen LogP contribution in [0.25, 0.3) is 10.9 Å². The summed E-state index contributed by atoms with van der Waals surface area (Å²) in [6.45, 7) is 0. The van der Waals surface area contributed by atoms with Gasteiger partial charge in [0.1, 0.15) is 11.7 Å². The third-order valence-electron chi connectivity index (χ3n) is 2.03.